The van der Waals surface area contributed by atoms with E-state index < -0.39 is 5.91 Å². The summed E-state index contributed by atoms with van der Waals surface area (Å²) in [6, 6.07) is 14.8. The van der Waals surface area contributed by atoms with E-state index in [9.17, 15) is 14.0 Å². The van der Waals surface area contributed by atoms with Gasteiger partial charge in [-0.3, -0.25) is 9.59 Å². The highest BCUT2D eigenvalue weighted by Gasteiger charge is 2.14. The van der Waals surface area contributed by atoms with Crippen molar-refractivity contribution in [1.29, 1.82) is 0 Å². The standard InChI is InChI=1S/C18H15FN4O2S/c19-13-6-8-14(9-7-13)21-17(25)18-23-22-16(26-18)11-20-15(24)10-12-4-2-1-3-5-12/h1-9H,10-11H2,(H,20,24)(H,21,25). The monoisotopic (exact) mass is 370 g/mol. The highest BCUT2D eigenvalue weighted by Crippen LogP contribution is 2.14. The first-order chi connectivity index (χ1) is 12.6. The van der Waals surface area contributed by atoms with E-state index in [-0.39, 0.29) is 29.7 Å². The second-order valence-corrected chi connectivity index (χ2v) is 6.46. The van der Waals surface area contributed by atoms with E-state index >= 15 is 0 Å². The fourth-order valence-corrected chi connectivity index (χ4v) is 2.83. The molecule has 8 heteroatoms. The number of aromatic nitrogens is 2. The highest BCUT2D eigenvalue weighted by atomic mass is 32.1. The van der Waals surface area contributed by atoms with Crippen LogP contribution in [0.3, 0.4) is 0 Å². The summed E-state index contributed by atoms with van der Waals surface area (Å²) in [7, 11) is 0. The van der Waals surface area contributed by atoms with Gasteiger partial charge in [0.25, 0.3) is 5.91 Å². The summed E-state index contributed by atoms with van der Waals surface area (Å²) in [4.78, 5) is 24.0. The van der Waals surface area contributed by atoms with Crippen molar-refractivity contribution in [3.05, 3.63) is 76.0 Å². The SMILES string of the molecule is O=C(Cc1ccccc1)NCc1nnc(C(=O)Nc2ccc(F)cc2)s1. The molecule has 3 rings (SSSR count). The average molecular weight is 370 g/mol. The summed E-state index contributed by atoms with van der Waals surface area (Å²) in [5, 5.41) is 13.8. The lowest BCUT2D eigenvalue weighted by Crippen LogP contribution is -2.24. The Labute approximate surface area is 153 Å². The molecule has 0 unspecified atom stereocenters. The van der Waals surface area contributed by atoms with Crippen LogP contribution in [0.1, 0.15) is 20.4 Å². The van der Waals surface area contributed by atoms with Crippen LogP contribution in [-0.4, -0.2) is 22.0 Å². The van der Waals surface area contributed by atoms with Gasteiger partial charge in [0, 0.05) is 5.69 Å². The smallest absolute Gasteiger partial charge is 0.286 e. The second kappa shape index (κ2) is 8.30. The molecule has 0 aliphatic heterocycles. The molecule has 2 aromatic carbocycles. The Morgan fingerprint density at radius 3 is 2.46 bits per heavy atom. The molecule has 0 radical (unpaired) electrons. The summed E-state index contributed by atoms with van der Waals surface area (Å²) in [5.41, 5.74) is 1.38. The Morgan fingerprint density at radius 2 is 1.73 bits per heavy atom. The third kappa shape index (κ3) is 4.93. The van der Waals surface area contributed by atoms with Gasteiger partial charge in [-0.05, 0) is 29.8 Å². The van der Waals surface area contributed by atoms with Crippen LogP contribution in [0.5, 0.6) is 0 Å². The van der Waals surface area contributed by atoms with Gasteiger partial charge in [0.15, 0.2) is 0 Å². The molecule has 26 heavy (non-hydrogen) atoms. The van der Waals surface area contributed by atoms with Crippen molar-refractivity contribution in [3.8, 4) is 0 Å². The second-order valence-electron chi connectivity index (χ2n) is 5.40. The third-order valence-electron chi connectivity index (χ3n) is 3.41. The van der Waals surface area contributed by atoms with Gasteiger partial charge in [0.1, 0.15) is 10.8 Å². The topological polar surface area (TPSA) is 84.0 Å². The lowest BCUT2D eigenvalue weighted by atomic mass is 10.1. The minimum atomic E-state index is -0.434. The number of carbonyl (C=O) groups is 2. The lowest BCUT2D eigenvalue weighted by Gasteiger charge is -2.03. The Hall–Kier alpha value is -3.13. The number of hydrogen-bond acceptors (Lipinski definition) is 5. The van der Waals surface area contributed by atoms with Crippen LogP contribution in [0, 0.1) is 5.82 Å². The van der Waals surface area contributed by atoms with Crippen molar-refractivity contribution in [2.45, 2.75) is 13.0 Å². The van der Waals surface area contributed by atoms with Gasteiger partial charge >= 0.3 is 0 Å². The number of benzene rings is 2. The summed E-state index contributed by atoms with van der Waals surface area (Å²) in [6.07, 6.45) is 0.275. The first-order valence-electron chi connectivity index (χ1n) is 7.80. The van der Waals surface area contributed by atoms with E-state index in [1.807, 2.05) is 30.3 Å². The van der Waals surface area contributed by atoms with Crippen LogP contribution in [-0.2, 0) is 17.8 Å². The minimum absolute atomic E-state index is 0.135. The van der Waals surface area contributed by atoms with Crippen molar-refractivity contribution in [2.24, 2.45) is 0 Å². The van der Waals surface area contributed by atoms with Gasteiger partial charge in [-0.25, -0.2) is 4.39 Å². The number of amides is 2. The molecule has 0 saturated heterocycles. The molecule has 2 amide bonds. The predicted octanol–water partition coefficient (Wildman–Crippen LogP) is 2.79. The zero-order valence-electron chi connectivity index (χ0n) is 13.6. The fraction of sp³-hybridized carbons (Fsp3) is 0.111. The molecule has 132 valence electrons. The molecule has 0 aliphatic carbocycles. The third-order valence-corrected chi connectivity index (χ3v) is 4.33. The normalized spacial score (nSPS) is 10.3. The molecule has 0 spiro atoms. The molecule has 0 saturated carbocycles. The zero-order chi connectivity index (χ0) is 18.4. The number of nitrogens with zero attached hydrogens (tertiary/aromatic N) is 2. The lowest BCUT2D eigenvalue weighted by molar-refractivity contribution is -0.120. The number of hydrogen-bond donors (Lipinski definition) is 2. The average Bonchev–Trinajstić information content (AvgIpc) is 3.12. The predicted molar refractivity (Wildman–Crippen MR) is 96.3 cm³/mol. The summed E-state index contributed by atoms with van der Waals surface area (Å²) < 4.78 is 12.9. The van der Waals surface area contributed by atoms with Crippen LogP contribution >= 0.6 is 11.3 Å². The van der Waals surface area contributed by atoms with Gasteiger partial charge < -0.3 is 10.6 Å². The maximum absolute atomic E-state index is 12.9. The van der Waals surface area contributed by atoms with E-state index in [1.165, 1.54) is 24.3 Å². The maximum atomic E-state index is 12.9. The quantitative estimate of drug-likeness (QED) is 0.699. The highest BCUT2D eigenvalue weighted by molar-refractivity contribution is 7.13. The van der Waals surface area contributed by atoms with Crippen LogP contribution in [0.2, 0.25) is 0 Å². The molecular weight excluding hydrogens is 355 g/mol. The summed E-state index contributed by atoms with van der Waals surface area (Å²) in [6.45, 7) is 0.202. The Bertz CT molecular complexity index is 897. The number of carbonyl (C=O) groups excluding carboxylic acids is 2. The molecule has 0 bridgehead atoms. The van der Waals surface area contributed by atoms with E-state index in [1.54, 1.807) is 0 Å². The largest absolute Gasteiger partial charge is 0.349 e. The van der Waals surface area contributed by atoms with E-state index in [0.29, 0.717) is 10.7 Å². The van der Waals surface area contributed by atoms with Crippen LogP contribution < -0.4 is 10.6 Å². The fourth-order valence-electron chi connectivity index (χ4n) is 2.15. The Kier molecular flexibility index (Phi) is 5.65. The molecule has 0 atom stereocenters. The van der Waals surface area contributed by atoms with Crippen molar-refractivity contribution in [1.82, 2.24) is 15.5 Å². The van der Waals surface area contributed by atoms with Crippen LogP contribution in [0.15, 0.2) is 54.6 Å². The van der Waals surface area contributed by atoms with Crippen molar-refractivity contribution in [3.63, 3.8) is 0 Å². The van der Waals surface area contributed by atoms with Crippen LogP contribution in [0.25, 0.3) is 0 Å². The van der Waals surface area contributed by atoms with E-state index in [4.69, 9.17) is 0 Å². The van der Waals surface area contributed by atoms with Gasteiger partial charge in [-0.2, -0.15) is 0 Å². The first-order valence-corrected chi connectivity index (χ1v) is 8.62. The van der Waals surface area contributed by atoms with Crippen molar-refractivity contribution < 1.29 is 14.0 Å². The molecule has 1 aromatic heterocycles. The minimum Gasteiger partial charge on any atom is -0.349 e. The molecule has 2 N–H and O–H groups in total. The number of rotatable bonds is 6. The summed E-state index contributed by atoms with van der Waals surface area (Å²) >= 11 is 1.09. The van der Waals surface area contributed by atoms with E-state index in [2.05, 4.69) is 20.8 Å². The number of anilines is 1. The maximum Gasteiger partial charge on any atom is 0.286 e. The number of nitrogens with one attached hydrogen (secondary N) is 2. The molecule has 3 aromatic rings. The molecular formula is C18H15FN4O2S. The van der Waals surface area contributed by atoms with Gasteiger partial charge in [-0.15, -0.1) is 10.2 Å². The Morgan fingerprint density at radius 1 is 1.00 bits per heavy atom. The molecule has 0 fully saturated rings. The first kappa shape index (κ1) is 17.7. The zero-order valence-corrected chi connectivity index (χ0v) is 14.4. The molecule has 1 heterocycles. The van der Waals surface area contributed by atoms with Crippen molar-refractivity contribution in [2.75, 3.05) is 5.32 Å². The Balaban J connectivity index is 1.51. The van der Waals surface area contributed by atoms with Crippen molar-refractivity contribution >= 4 is 28.8 Å². The van der Waals surface area contributed by atoms with Gasteiger partial charge in [0.2, 0.25) is 10.9 Å². The molecule has 6 nitrogen and oxygen atoms in total. The van der Waals surface area contributed by atoms with Crippen LogP contribution in [0.4, 0.5) is 10.1 Å². The van der Waals surface area contributed by atoms with Gasteiger partial charge in [0.05, 0.1) is 13.0 Å². The van der Waals surface area contributed by atoms with Gasteiger partial charge in [-0.1, -0.05) is 41.7 Å². The number of halogens is 1. The summed E-state index contributed by atoms with van der Waals surface area (Å²) in [5.74, 6) is -0.952. The van der Waals surface area contributed by atoms with E-state index in [0.717, 1.165) is 16.9 Å². The molecule has 0 aliphatic rings.